The number of fused-ring (bicyclic) bond motifs is 1. The fraction of sp³-hybridized carbons (Fsp3) is 0.179. The van der Waals surface area contributed by atoms with Crippen LogP contribution in [0, 0.1) is 0 Å². The summed E-state index contributed by atoms with van der Waals surface area (Å²) in [6.07, 6.45) is -0.0989. The highest BCUT2D eigenvalue weighted by molar-refractivity contribution is 6.10. The van der Waals surface area contributed by atoms with E-state index in [0.717, 1.165) is 27.2 Å². The van der Waals surface area contributed by atoms with Crippen LogP contribution in [0.1, 0.15) is 36.7 Å². The molecule has 6 nitrogen and oxygen atoms in total. The number of carbonyl (C=O) groups excluding carboxylic acids is 2. The maximum atomic E-state index is 13.6. The quantitative estimate of drug-likeness (QED) is 0.361. The molecule has 174 valence electrons. The molecule has 1 aromatic heterocycles. The molecule has 0 saturated carbocycles. The van der Waals surface area contributed by atoms with Crippen molar-refractivity contribution in [2.45, 2.75) is 27.2 Å². The second kappa shape index (κ2) is 11.6. The minimum Gasteiger partial charge on any atom is -0.451 e. The summed E-state index contributed by atoms with van der Waals surface area (Å²) < 4.78 is 4.90. The van der Waals surface area contributed by atoms with E-state index in [0.29, 0.717) is 23.2 Å². The van der Waals surface area contributed by atoms with Gasteiger partial charge in [-0.2, -0.15) is 5.01 Å². The molecule has 6 heteroatoms. The number of hydrogen-bond acceptors (Lipinski definition) is 4. The van der Waals surface area contributed by atoms with Crippen LogP contribution in [-0.2, 0) is 11.2 Å². The normalized spacial score (nSPS) is 10.1. The SMILES string of the molecule is CC.CCc1c(-c2ccccc2)nc2ccccc2c1C(=O)NN(C(=O)OC)c1ccccc1. The lowest BCUT2D eigenvalue weighted by molar-refractivity contribution is 0.0941. The van der Waals surface area contributed by atoms with Crippen molar-refractivity contribution in [1.29, 1.82) is 0 Å². The minimum absolute atomic E-state index is 0.410. The third-order valence-electron chi connectivity index (χ3n) is 5.21. The molecule has 0 saturated heterocycles. The van der Waals surface area contributed by atoms with Gasteiger partial charge in [-0.25, -0.2) is 9.78 Å². The zero-order valence-corrected chi connectivity index (χ0v) is 19.9. The van der Waals surface area contributed by atoms with Gasteiger partial charge in [-0.15, -0.1) is 0 Å². The summed E-state index contributed by atoms with van der Waals surface area (Å²) in [5, 5.41) is 1.83. The summed E-state index contributed by atoms with van der Waals surface area (Å²) in [4.78, 5) is 31.0. The van der Waals surface area contributed by atoms with Crippen LogP contribution < -0.4 is 10.4 Å². The Bertz CT molecular complexity index is 1260. The molecule has 34 heavy (non-hydrogen) atoms. The lowest BCUT2D eigenvalue weighted by Crippen LogP contribution is -2.46. The van der Waals surface area contributed by atoms with Gasteiger partial charge in [0.1, 0.15) is 0 Å². The molecule has 0 fully saturated rings. The van der Waals surface area contributed by atoms with Gasteiger partial charge in [0.2, 0.25) is 0 Å². The molecule has 3 aromatic carbocycles. The van der Waals surface area contributed by atoms with Crippen molar-refractivity contribution in [1.82, 2.24) is 10.4 Å². The topological polar surface area (TPSA) is 71.5 Å². The van der Waals surface area contributed by atoms with Crippen LogP contribution in [0.2, 0.25) is 0 Å². The number of para-hydroxylation sites is 2. The Labute approximate surface area is 200 Å². The van der Waals surface area contributed by atoms with Crippen molar-refractivity contribution in [3.8, 4) is 11.3 Å². The largest absolute Gasteiger partial charge is 0.451 e. The summed E-state index contributed by atoms with van der Waals surface area (Å²) >= 11 is 0. The highest BCUT2D eigenvalue weighted by Gasteiger charge is 2.25. The van der Waals surface area contributed by atoms with Crippen LogP contribution in [0.4, 0.5) is 10.5 Å². The number of amides is 2. The van der Waals surface area contributed by atoms with Gasteiger partial charge < -0.3 is 4.74 Å². The monoisotopic (exact) mass is 455 g/mol. The number of hydrogen-bond donors (Lipinski definition) is 1. The first-order valence-electron chi connectivity index (χ1n) is 11.3. The van der Waals surface area contributed by atoms with Gasteiger partial charge in [-0.3, -0.25) is 10.2 Å². The Morgan fingerprint density at radius 1 is 0.882 bits per heavy atom. The molecule has 0 radical (unpaired) electrons. The smallest absolute Gasteiger partial charge is 0.433 e. The maximum absolute atomic E-state index is 13.6. The molecule has 0 aliphatic carbocycles. The molecule has 4 rings (SSSR count). The van der Waals surface area contributed by atoms with E-state index < -0.39 is 12.0 Å². The van der Waals surface area contributed by atoms with E-state index in [9.17, 15) is 9.59 Å². The Morgan fingerprint density at radius 2 is 1.47 bits per heavy atom. The third kappa shape index (κ3) is 5.07. The van der Waals surface area contributed by atoms with Gasteiger partial charge in [-0.05, 0) is 30.2 Å². The van der Waals surface area contributed by atoms with E-state index in [-0.39, 0.29) is 0 Å². The first-order valence-corrected chi connectivity index (χ1v) is 11.3. The second-order valence-electron chi connectivity index (χ2n) is 7.13. The Morgan fingerprint density at radius 3 is 2.09 bits per heavy atom. The van der Waals surface area contributed by atoms with Gasteiger partial charge >= 0.3 is 6.09 Å². The predicted molar refractivity (Wildman–Crippen MR) is 137 cm³/mol. The number of pyridine rings is 1. The summed E-state index contributed by atoms with van der Waals surface area (Å²) in [6.45, 7) is 5.99. The first-order chi connectivity index (χ1) is 16.6. The Kier molecular flexibility index (Phi) is 8.35. The van der Waals surface area contributed by atoms with E-state index in [4.69, 9.17) is 9.72 Å². The lowest BCUT2D eigenvalue weighted by Gasteiger charge is -2.23. The molecule has 4 aromatic rings. The molecular weight excluding hydrogens is 426 g/mol. The van der Waals surface area contributed by atoms with E-state index in [1.165, 1.54) is 7.11 Å². The first kappa shape index (κ1) is 24.5. The van der Waals surface area contributed by atoms with Crippen LogP contribution in [0.5, 0.6) is 0 Å². The summed E-state index contributed by atoms with van der Waals surface area (Å²) in [5.74, 6) is -0.410. The molecule has 1 N–H and O–H groups in total. The van der Waals surface area contributed by atoms with E-state index in [2.05, 4.69) is 5.43 Å². The number of nitrogens with zero attached hydrogens (tertiary/aromatic N) is 2. The van der Waals surface area contributed by atoms with Crippen molar-refractivity contribution >= 4 is 28.6 Å². The third-order valence-corrected chi connectivity index (χ3v) is 5.21. The van der Waals surface area contributed by atoms with Gasteiger partial charge in [-0.1, -0.05) is 87.5 Å². The average molecular weight is 456 g/mol. The number of aromatic nitrogens is 1. The average Bonchev–Trinajstić information content (AvgIpc) is 2.92. The number of methoxy groups -OCH3 is 1. The number of carbonyl (C=O) groups is 2. The molecular formula is C28H29N3O3. The Balaban J connectivity index is 0.00000158. The van der Waals surface area contributed by atoms with Gasteiger partial charge in [0, 0.05) is 10.9 Å². The highest BCUT2D eigenvalue weighted by Crippen LogP contribution is 2.31. The van der Waals surface area contributed by atoms with Crippen LogP contribution in [0.15, 0.2) is 84.9 Å². The molecule has 0 atom stereocenters. The molecule has 0 unspecified atom stereocenters. The fourth-order valence-electron chi connectivity index (χ4n) is 3.73. The Hall–Kier alpha value is -4.19. The van der Waals surface area contributed by atoms with Crippen LogP contribution in [-0.4, -0.2) is 24.1 Å². The summed E-state index contributed by atoms with van der Waals surface area (Å²) in [7, 11) is 1.28. The van der Waals surface area contributed by atoms with Crippen molar-refractivity contribution < 1.29 is 14.3 Å². The molecule has 0 spiro atoms. The van der Waals surface area contributed by atoms with Crippen molar-refractivity contribution in [2.24, 2.45) is 0 Å². The number of nitrogens with one attached hydrogen (secondary N) is 1. The fourth-order valence-corrected chi connectivity index (χ4v) is 3.73. The number of ether oxygens (including phenoxy) is 1. The second-order valence-corrected chi connectivity index (χ2v) is 7.13. The standard InChI is InChI=1S/C26H23N3O3.C2H6/c1-3-20-23(25(30)28-29(26(31)32-2)19-14-8-5-9-15-19)21-16-10-11-17-22(21)27-24(20)18-12-6-4-7-13-18;1-2/h4-17H,3H2,1-2H3,(H,28,30);1-2H3. The number of anilines is 1. The zero-order chi connectivity index (χ0) is 24.5. The summed E-state index contributed by atoms with van der Waals surface area (Å²) in [6, 6.07) is 26.1. The molecule has 0 aliphatic rings. The van der Waals surface area contributed by atoms with Crippen LogP contribution in [0.3, 0.4) is 0 Å². The molecule has 1 heterocycles. The highest BCUT2D eigenvalue weighted by atomic mass is 16.5. The molecule has 0 aliphatic heterocycles. The van der Waals surface area contributed by atoms with Crippen molar-refractivity contribution in [2.75, 3.05) is 12.1 Å². The van der Waals surface area contributed by atoms with Gasteiger partial charge in [0.15, 0.2) is 0 Å². The zero-order valence-electron chi connectivity index (χ0n) is 19.9. The molecule has 2 amide bonds. The number of hydrazine groups is 1. The maximum Gasteiger partial charge on any atom is 0.433 e. The molecule has 0 bridgehead atoms. The van der Waals surface area contributed by atoms with Gasteiger partial charge in [0.05, 0.1) is 29.6 Å². The lowest BCUT2D eigenvalue weighted by atomic mass is 9.94. The van der Waals surface area contributed by atoms with E-state index in [1.54, 1.807) is 24.3 Å². The van der Waals surface area contributed by atoms with E-state index in [1.807, 2.05) is 81.4 Å². The van der Waals surface area contributed by atoms with E-state index >= 15 is 0 Å². The predicted octanol–water partition coefficient (Wildman–Crippen LogP) is 6.41. The van der Waals surface area contributed by atoms with Crippen molar-refractivity contribution in [3.05, 3.63) is 96.1 Å². The van der Waals surface area contributed by atoms with Crippen LogP contribution >= 0.6 is 0 Å². The number of rotatable bonds is 4. The summed E-state index contributed by atoms with van der Waals surface area (Å²) in [5.41, 5.74) is 6.91. The van der Waals surface area contributed by atoms with Crippen molar-refractivity contribution in [3.63, 3.8) is 0 Å². The van der Waals surface area contributed by atoms with Gasteiger partial charge in [0.25, 0.3) is 5.91 Å². The minimum atomic E-state index is -0.691. The van der Waals surface area contributed by atoms with Crippen LogP contribution in [0.25, 0.3) is 22.2 Å². The number of benzene rings is 3.